The van der Waals surface area contributed by atoms with Crippen LogP contribution < -0.4 is 10.6 Å². The molecule has 0 aliphatic heterocycles. The molecule has 0 atom stereocenters. The number of nitrogens with one attached hydrogen (secondary N) is 3. The summed E-state index contributed by atoms with van der Waals surface area (Å²) in [6.07, 6.45) is 5.41. The lowest BCUT2D eigenvalue weighted by molar-refractivity contribution is 0.0954. The van der Waals surface area contributed by atoms with E-state index in [2.05, 4.69) is 57.1 Å². The van der Waals surface area contributed by atoms with Crippen molar-refractivity contribution in [1.29, 1.82) is 0 Å². The zero-order chi connectivity index (χ0) is 19.9. The van der Waals surface area contributed by atoms with Gasteiger partial charge in [0, 0.05) is 41.9 Å². The average molecular weight is 384 g/mol. The Balaban J connectivity index is 1.29. The largest absolute Gasteiger partial charge is 0.370 e. The predicted octanol–water partition coefficient (Wildman–Crippen LogP) is 4.19. The van der Waals surface area contributed by atoms with Crippen molar-refractivity contribution in [1.82, 2.24) is 15.3 Å². The number of aromatic nitrogens is 2. The molecule has 1 amide bonds. The first kappa shape index (κ1) is 18.7. The Morgan fingerprint density at radius 3 is 2.66 bits per heavy atom. The van der Waals surface area contributed by atoms with Gasteiger partial charge < -0.3 is 15.6 Å². The molecule has 4 aromatic rings. The van der Waals surface area contributed by atoms with Crippen molar-refractivity contribution in [3.05, 3.63) is 95.8 Å². The van der Waals surface area contributed by atoms with Crippen LogP contribution in [0.25, 0.3) is 10.9 Å². The first-order valence-corrected chi connectivity index (χ1v) is 9.86. The molecule has 0 aliphatic carbocycles. The van der Waals surface area contributed by atoms with Gasteiger partial charge in [0.05, 0.1) is 0 Å². The number of aromatic amines is 1. The van der Waals surface area contributed by atoms with E-state index < -0.39 is 0 Å². The van der Waals surface area contributed by atoms with Gasteiger partial charge in [0.25, 0.3) is 5.91 Å². The summed E-state index contributed by atoms with van der Waals surface area (Å²) in [6.45, 7) is 1.35. The Morgan fingerprint density at radius 2 is 1.76 bits per heavy atom. The van der Waals surface area contributed by atoms with Crippen LogP contribution in [0.15, 0.2) is 79.1 Å². The molecule has 0 unspecified atom stereocenters. The van der Waals surface area contributed by atoms with Crippen molar-refractivity contribution in [3.8, 4) is 0 Å². The molecule has 2 heterocycles. The van der Waals surface area contributed by atoms with E-state index in [9.17, 15) is 4.79 Å². The van der Waals surface area contributed by atoms with Gasteiger partial charge in [0.15, 0.2) is 0 Å². The van der Waals surface area contributed by atoms with Gasteiger partial charge in [-0.25, -0.2) is 4.98 Å². The fraction of sp³-hybridized carbons (Fsp3) is 0.167. The van der Waals surface area contributed by atoms with Gasteiger partial charge in [0.2, 0.25) is 0 Å². The van der Waals surface area contributed by atoms with Crippen molar-refractivity contribution < 1.29 is 4.79 Å². The van der Waals surface area contributed by atoms with E-state index in [-0.39, 0.29) is 5.91 Å². The minimum absolute atomic E-state index is 0.0805. The van der Waals surface area contributed by atoms with Crippen LogP contribution >= 0.6 is 0 Å². The standard InChI is InChI=1S/C24H24N4O/c29-24(27-13-10-18-6-2-1-3-7-18)19-11-14-25-23(16-19)26-15-12-20-17-28-22-9-5-4-8-21(20)22/h1-9,11,14,16-17,28H,10,12-13,15H2,(H,25,26)(H,27,29). The van der Waals surface area contributed by atoms with Crippen LogP contribution in [-0.2, 0) is 12.8 Å². The van der Waals surface area contributed by atoms with Crippen LogP contribution in [0.4, 0.5) is 5.82 Å². The SMILES string of the molecule is O=C(NCCc1ccccc1)c1ccnc(NCCc2c[nH]c3ccccc23)c1. The molecule has 0 saturated heterocycles. The summed E-state index contributed by atoms with van der Waals surface area (Å²) in [6, 6.07) is 22.0. The summed E-state index contributed by atoms with van der Waals surface area (Å²) in [4.78, 5) is 20.1. The monoisotopic (exact) mass is 384 g/mol. The number of hydrogen-bond donors (Lipinski definition) is 3. The number of anilines is 1. The number of carbonyl (C=O) groups excluding carboxylic acids is 1. The summed E-state index contributed by atoms with van der Waals surface area (Å²) < 4.78 is 0. The molecular formula is C24H24N4O. The number of hydrogen-bond acceptors (Lipinski definition) is 3. The molecule has 146 valence electrons. The second-order valence-corrected chi connectivity index (χ2v) is 6.96. The smallest absolute Gasteiger partial charge is 0.251 e. The first-order valence-electron chi connectivity index (χ1n) is 9.86. The zero-order valence-corrected chi connectivity index (χ0v) is 16.2. The number of rotatable bonds is 8. The Hall–Kier alpha value is -3.60. The summed E-state index contributed by atoms with van der Waals surface area (Å²) in [7, 11) is 0. The molecule has 4 rings (SSSR count). The average Bonchev–Trinajstić information content (AvgIpc) is 3.18. The van der Waals surface area contributed by atoms with E-state index in [1.165, 1.54) is 16.5 Å². The van der Waals surface area contributed by atoms with Gasteiger partial charge in [-0.1, -0.05) is 48.5 Å². The van der Waals surface area contributed by atoms with E-state index in [0.717, 1.165) is 24.9 Å². The van der Waals surface area contributed by atoms with Gasteiger partial charge in [-0.3, -0.25) is 4.79 Å². The normalized spacial score (nSPS) is 10.8. The molecule has 0 bridgehead atoms. The van der Waals surface area contributed by atoms with E-state index >= 15 is 0 Å². The Morgan fingerprint density at radius 1 is 0.931 bits per heavy atom. The number of pyridine rings is 1. The van der Waals surface area contributed by atoms with Crippen molar-refractivity contribution >= 4 is 22.6 Å². The Kier molecular flexibility index (Phi) is 5.86. The van der Waals surface area contributed by atoms with Gasteiger partial charge in [-0.15, -0.1) is 0 Å². The quantitative estimate of drug-likeness (QED) is 0.427. The zero-order valence-electron chi connectivity index (χ0n) is 16.2. The van der Waals surface area contributed by atoms with E-state index in [1.54, 1.807) is 18.3 Å². The molecule has 2 aromatic carbocycles. The van der Waals surface area contributed by atoms with Crippen LogP contribution in [0.5, 0.6) is 0 Å². The number of fused-ring (bicyclic) bond motifs is 1. The lowest BCUT2D eigenvalue weighted by Gasteiger charge is -2.08. The second kappa shape index (κ2) is 9.06. The second-order valence-electron chi connectivity index (χ2n) is 6.96. The lowest BCUT2D eigenvalue weighted by Crippen LogP contribution is -2.25. The van der Waals surface area contributed by atoms with E-state index in [0.29, 0.717) is 17.9 Å². The molecule has 5 heteroatoms. The molecule has 0 fully saturated rings. The minimum Gasteiger partial charge on any atom is -0.370 e. The molecule has 3 N–H and O–H groups in total. The number of carbonyl (C=O) groups is 1. The number of amides is 1. The van der Waals surface area contributed by atoms with Crippen LogP contribution in [0.3, 0.4) is 0 Å². The topological polar surface area (TPSA) is 69.8 Å². The van der Waals surface area contributed by atoms with Gasteiger partial charge in [-0.2, -0.15) is 0 Å². The molecular weight excluding hydrogens is 360 g/mol. The number of nitrogens with zero attached hydrogens (tertiary/aromatic N) is 1. The third-order valence-corrected chi connectivity index (χ3v) is 4.94. The fourth-order valence-electron chi connectivity index (χ4n) is 3.40. The van der Waals surface area contributed by atoms with Crippen molar-refractivity contribution in [2.75, 3.05) is 18.4 Å². The summed E-state index contributed by atoms with van der Waals surface area (Å²) in [5.74, 6) is 0.628. The third-order valence-electron chi connectivity index (χ3n) is 4.94. The molecule has 29 heavy (non-hydrogen) atoms. The number of H-pyrrole nitrogens is 1. The number of benzene rings is 2. The van der Waals surface area contributed by atoms with Crippen molar-refractivity contribution in [2.45, 2.75) is 12.8 Å². The van der Waals surface area contributed by atoms with E-state index in [1.807, 2.05) is 24.3 Å². The summed E-state index contributed by atoms with van der Waals surface area (Å²) >= 11 is 0. The summed E-state index contributed by atoms with van der Waals surface area (Å²) in [5.41, 5.74) is 4.24. The maximum Gasteiger partial charge on any atom is 0.251 e. The lowest BCUT2D eigenvalue weighted by atomic mass is 10.1. The fourth-order valence-corrected chi connectivity index (χ4v) is 3.40. The molecule has 5 nitrogen and oxygen atoms in total. The van der Waals surface area contributed by atoms with Crippen LogP contribution in [0.1, 0.15) is 21.5 Å². The Bertz CT molecular complexity index is 1090. The highest BCUT2D eigenvalue weighted by atomic mass is 16.1. The van der Waals surface area contributed by atoms with Gasteiger partial charge >= 0.3 is 0 Å². The molecule has 0 aliphatic rings. The highest BCUT2D eigenvalue weighted by Crippen LogP contribution is 2.18. The van der Waals surface area contributed by atoms with Gasteiger partial charge in [0.1, 0.15) is 5.82 Å². The van der Waals surface area contributed by atoms with Crippen LogP contribution in [0, 0.1) is 0 Å². The first-order chi connectivity index (χ1) is 14.3. The summed E-state index contributed by atoms with van der Waals surface area (Å²) in [5, 5.41) is 7.54. The van der Waals surface area contributed by atoms with Crippen LogP contribution in [0.2, 0.25) is 0 Å². The number of para-hydroxylation sites is 1. The Labute approximate surface area is 170 Å². The minimum atomic E-state index is -0.0805. The highest BCUT2D eigenvalue weighted by Gasteiger charge is 2.07. The van der Waals surface area contributed by atoms with Crippen molar-refractivity contribution in [2.24, 2.45) is 0 Å². The van der Waals surface area contributed by atoms with Crippen LogP contribution in [-0.4, -0.2) is 29.0 Å². The van der Waals surface area contributed by atoms with E-state index in [4.69, 9.17) is 0 Å². The maximum absolute atomic E-state index is 12.4. The maximum atomic E-state index is 12.4. The molecule has 0 saturated carbocycles. The van der Waals surface area contributed by atoms with Crippen molar-refractivity contribution in [3.63, 3.8) is 0 Å². The highest BCUT2D eigenvalue weighted by molar-refractivity contribution is 5.94. The predicted molar refractivity (Wildman–Crippen MR) is 117 cm³/mol. The molecule has 2 aromatic heterocycles. The van der Waals surface area contributed by atoms with Gasteiger partial charge in [-0.05, 0) is 42.2 Å². The third kappa shape index (κ3) is 4.82. The molecule has 0 radical (unpaired) electrons. The molecule has 0 spiro atoms.